The zero-order valence-electron chi connectivity index (χ0n) is 14.8. The van der Waals surface area contributed by atoms with E-state index in [1.165, 1.54) is 6.07 Å². The first-order chi connectivity index (χ1) is 13.6. The predicted octanol–water partition coefficient (Wildman–Crippen LogP) is 2.83. The monoisotopic (exact) mass is 423 g/mol. The van der Waals surface area contributed by atoms with Crippen molar-refractivity contribution in [3.63, 3.8) is 0 Å². The molecule has 7 nitrogen and oxygen atoms in total. The van der Waals surface area contributed by atoms with Crippen LogP contribution in [0.2, 0.25) is 0 Å². The number of para-hydroxylation sites is 1. The lowest BCUT2D eigenvalue weighted by Gasteiger charge is -2.12. The Hall–Kier alpha value is -3.34. The van der Waals surface area contributed by atoms with Crippen molar-refractivity contribution in [2.24, 2.45) is 16.5 Å². The number of nitrogens with two attached hydrogens (primary N) is 2. The number of hydrogen-bond acceptors (Lipinski definition) is 4. The van der Waals surface area contributed by atoms with Gasteiger partial charge in [-0.25, -0.2) is 18.4 Å². The second-order valence-electron chi connectivity index (χ2n) is 6.05. The lowest BCUT2D eigenvalue weighted by Crippen LogP contribution is -2.22. The number of sulfonamides is 1. The molecule has 0 saturated heterocycles. The van der Waals surface area contributed by atoms with Crippen LogP contribution in [0.5, 0.6) is 0 Å². The van der Waals surface area contributed by atoms with Gasteiger partial charge >= 0.3 is 6.18 Å². The Kier molecular flexibility index (Phi) is 5.33. The highest BCUT2D eigenvalue weighted by Crippen LogP contribution is 2.30. The van der Waals surface area contributed by atoms with Gasteiger partial charge in [0, 0.05) is 5.39 Å². The van der Waals surface area contributed by atoms with E-state index in [0.717, 1.165) is 12.1 Å². The quantitative estimate of drug-likeness (QED) is 0.430. The maximum absolute atomic E-state index is 12.7. The fourth-order valence-electron chi connectivity index (χ4n) is 2.56. The summed E-state index contributed by atoms with van der Waals surface area (Å²) in [6, 6.07) is 11.5. The van der Waals surface area contributed by atoms with Crippen LogP contribution in [-0.2, 0) is 22.7 Å². The van der Waals surface area contributed by atoms with Crippen LogP contribution in [0.4, 0.5) is 18.9 Å². The number of rotatable bonds is 5. The Morgan fingerprint density at radius 2 is 1.72 bits per heavy atom. The molecule has 2 aromatic carbocycles. The number of pyridine rings is 1. The van der Waals surface area contributed by atoms with E-state index in [-0.39, 0.29) is 23.1 Å². The molecule has 5 N–H and O–H groups in total. The van der Waals surface area contributed by atoms with Crippen molar-refractivity contribution in [2.45, 2.75) is 17.6 Å². The van der Waals surface area contributed by atoms with Crippen LogP contribution in [0, 0.1) is 0 Å². The minimum absolute atomic E-state index is 0.108. The highest BCUT2D eigenvalue weighted by Gasteiger charge is 2.30. The molecule has 0 aliphatic carbocycles. The van der Waals surface area contributed by atoms with E-state index in [2.05, 4.69) is 14.7 Å². The maximum atomic E-state index is 12.7. The molecule has 1 heterocycles. The first-order valence-electron chi connectivity index (χ1n) is 8.20. The predicted molar refractivity (Wildman–Crippen MR) is 104 cm³/mol. The molecule has 0 saturated carbocycles. The molecule has 11 heteroatoms. The number of halogens is 3. The van der Waals surface area contributed by atoms with Gasteiger partial charge in [-0.05, 0) is 36.4 Å². The van der Waals surface area contributed by atoms with Gasteiger partial charge in [-0.1, -0.05) is 18.2 Å². The third kappa shape index (κ3) is 4.74. The number of anilines is 1. The van der Waals surface area contributed by atoms with Gasteiger partial charge in [-0.2, -0.15) is 13.2 Å². The second-order valence-corrected chi connectivity index (χ2v) is 7.73. The van der Waals surface area contributed by atoms with Crippen LogP contribution in [0.1, 0.15) is 11.3 Å². The molecule has 152 valence electrons. The summed E-state index contributed by atoms with van der Waals surface area (Å²) in [5, 5.41) is 0.658. The molecule has 0 atom stereocenters. The van der Waals surface area contributed by atoms with E-state index in [4.69, 9.17) is 11.5 Å². The molecule has 0 fully saturated rings. The number of nitrogens with zero attached hydrogens (tertiary/aromatic N) is 2. The average Bonchev–Trinajstić information content (AvgIpc) is 2.66. The van der Waals surface area contributed by atoms with Crippen molar-refractivity contribution in [3.05, 3.63) is 65.9 Å². The summed E-state index contributed by atoms with van der Waals surface area (Å²) >= 11 is 0. The maximum Gasteiger partial charge on any atom is 0.416 e. The fourth-order valence-corrected chi connectivity index (χ4v) is 3.62. The SMILES string of the molecule is NC(N)=NCc1ccc2cccc(NS(=O)(=O)c3ccc(C(F)(F)F)cc3)c2n1. The zero-order valence-corrected chi connectivity index (χ0v) is 15.6. The minimum atomic E-state index is -4.55. The van der Waals surface area contributed by atoms with Crippen molar-refractivity contribution in [1.82, 2.24) is 4.98 Å². The van der Waals surface area contributed by atoms with E-state index in [9.17, 15) is 21.6 Å². The van der Waals surface area contributed by atoms with E-state index < -0.39 is 21.8 Å². The largest absolute Gasteiger partial charge is 0.416 e. The average molecular weight is 423 g/mol. The van der Waals surface area contributed by atoms with Gasteiger partial charge in [0.25, 0.3) is 10.0 Å². The number of benzene rings is 2. The number of fused-ring (bicyclic) bond motifs is 1. The summed E-state index contributed by atoms with van der Waals surface area (Å²) in [5.74, 6) is -0.108. The normalized spacial score (nSPS) is 12.0. The summed E-state index contributed by atoms with van der Waals surface area (Å²) in [6.07, 6.45) is -4.55. The second kappa shape index (κ2) is 7.59. The third-order valence-corrected chi connectivity index (χ3v) is 5.32. The molecule has 0 radical (unpaired) electrons. The van der Waals surface area contributed by atoms with E-state index in [1.54, 1.807) is 24.3 Å². The van der Waals surface area contributed by atoms with Crippen LogP contribution in [0.15, 0.2) is 64.5 Å². The van der Waals surface area contributed by atoms with Gasteiger partial charge in [0.05, 0.1) is 33.9 Å². The standard InChI is InChI=1S/C18H16F3N5O2S/c19-18(20,21)12-5-8-14(9-6-12)29(27,28)26-15-3-1-2-11-4-7-13(25-16(11)15)10-24-17(22)23/h1-9,26H,10H2,(H4,22,23,24). The molecular weight excluding hydrogens is 407 g/mol. The van der Waals surface area contributed by atoms with Gasteiger partial charge in [0.1, 0.15) is 0 Å². The number of nitrogens with one attached hydrogen (secondary N) is 1. The zero-order chi connectivity index (χ0) is 21.2. The Balaban J connectivity index is 1.95. The Labute approximate surface area is 164 Å². The van der Waals surface area contributed by atoms with Crippen molar-refractivity contribution in [2.75, 3.05) is 4.72 Å². The smallest absolute Gasteiger partial charge is 0.370 e. The molecule has 29 heavy (non-hydrogen) atoms. The third-order valence-electron chi connectivity index (χ3n) is 3.94. The van der Waals surface area contributed by atoms with Crippen LogP contribution in [0.25, 0.3) is 10.9 Å². The lowest BCUT2D eigenvalue weighted by atomic mass is 10.2. The molecule has 3 aromatic rings. The molecule has 0 amide bonds. The minimum Gasteiger partial charge on any atom is -0.370 e. The van der Waals surface area contributed by atoms with E-state index in [0.29, 0.717) is 28.7 Å². The van der Waals surface area contributed by atoms with Crippen molar-refractivity contribution >= 4 is 32.6 Å². The fraction of sp³-hybridized carbons (Fsp3) is 0.111. The molecule has 3 rings (SSSR count). The van der Waals surface area contributed by atoms with Gasteiger partial charge in [0.15, 0.2) is 5.96 Å². The number of hydrogen-bond donors (Lipinski definition) is 3. The topological polar surface area (TPSA) is 123 Å². The Bertz CT molecular complexity index is 1170. The highest BCUT2D eigenvalue weighted by molar-refractivity contribution is 7.92. The Morgan fingerprint density at radius 1 is 1.03 bits per heavy atom. The summed E-state index contributed by atoms with van der Waals surface area (Å²) in [7, 11) is -4.13. The first-order valence-corrected chi connectivity index (χ1v) is 9.69. The van der Waals surface area contributed by atoms with Crippen molar-refractivity contribution in [3.8, 4) is 0 Å². The van der Waals surface area contributed by atoms with Gasteiger partial charge in [-0.3, -0.25) is 4.72 Å². The Morgan fingerprint density at radius 3 is 2.34 bits per heavy atom. The molecule has 0 unspecified atom stereocenters. The number of aliphatic imine (C=N–C) groups is 1. The molecule has 0 spiro atoms. The number of alkyl halides is 3. The van der Waals surface area contributed by atoms with Crippen LogP contribution in [-0.4, -0.2) is 19.4 Å². The van der Waals surface area contributed by atoms with Gasteiger partial charge in [0.2, 0.25) is 0 Å². The van der Waals surface area contributed by atoms with Crippen molar-refractivity contribution < 1.29 is 21.6 Å². The summed E-state index contributed by atoms with van der Waals surface area (Å²) in [5.41, 5.74) is 10.7. The summed E-state index contributed by atoms with van der Waals surface area (Å²) in [6.45, 7) is 0.109. The van der Waals surface area contributed by atoms with Gasteiger partial charge in [-0.15, -0.1) is 0 Å². The molecular formula is C18H16F3N5O2S. The molecule has 0 aliphatic heterocycles. The van der Waals surface area contributed by atoms with E-state index in [1.807, 2.05) is 0 Å². The van der Waals surface area contributed by atoms with Crippen LogP contribution < -0.4 is 16.2 Å². The highest BCUT2D eigenvalue weighted by atomic mass is 32.2. The number of guanidine groups is 1. The van der Waals surface area contributed by atoms with Crippen LogP contribution in [0.3, 0.4) is 0 Å². The molecule has 0 bridgehead atoms. The summed E-state index contributed by atoms with van der Waals surface area (Å²) < 4.78 is 65.7. The molecule has 1 aromatic heterocycles. The van der Waals surface area contributed by atoms with Gasteiger partial charge < -0.3 is 11.5 Å². The first kappa shape index (κ1) is 20.4. The van der Waals surface area contributed by atoms with Crippen LogP contribution >= 0.6 is 0 Å². The van der Waals surface area contributed by atoms with Crippen molar-refractivity contribution in [1.29, 1.82) is 0 Å². The summed E-state index contributed by atoms with van der Waals surface area (Å²) in [4.78, 5) is 7.93. The number of aromatic nitrogens is 1. The van der Waals surface area contributed by atoms with E-state index >= 15 is 0 Å². The molecule has 0 aliphatic rings. The lowest BCUT2D eigenvalue weighted by molar-refractivity contribution is -0.137.